The molecule has 0 saturated carbocycles. The van der Waals surface area contributed by atoms with Gasteiger partial charge in [-0.05, 0) is 6.92 Å². The number of hydrogen-bond acceptors (Lipinski definition) is 4. The van der Waals surface area contributed by atoms with Crippen molar-refractivity contribution in [2.24, 2.45) is 0 Å². The van der Waals surface area contributed by atoms with Crippen LogP contribution in [0.5, 0.6) is 0 Å². The Balaban J connectivity index is 0. The minimum Gasteiger partial charge on any atom is -0.550 e. The van der Waals surface area contributed by atoms with Crippen molar-refractivity contribution in [3.05, 3.63) is 0 Å². The van der Waals surface area contributed by atoms with E-state index in [9.17, 15) is 14.7 Å². The van der Waals surface area contributed by atoms with E-state index in [4.69, 9.17) is 0 Å². The minimum absolute atomic E-state index is 0. The van der Waals surface area contributed by atoms with Crippen LogP contribution in [0.4, 0.5) is 0 Å². The number of rotatable bonds is 3. The summed E-state index contributed by atoms with van der Waals surface area (Å²) >= 11 is 0. The molecule has 0 aliphatic heterocycles. The fourth-order valence-electron chi connectivity index (χ4n) is 0.330. The van der Waals surface area contributed by atoms with Crippen molar-refractivity contribution < 1.29 is 38.9 Å². The summed E-state index contributed by atoms with van der Waals surface area (Å²) in [7, 11) is 0. The Hall–Kier alpha value is -0.437. The molecule has 0 aliphatic carbocycles. The monoisotopic (exact) mass is 195 g/mol. The van der Waals surface area contributed by atoms with Crippen molar-refractivity contribution in [3.8, 4) is 0 Å². The molecule has 0 saturated heterocycles. The van der Waals surface area contributed by atoms with Crippen molar-refractivity contribution in [2.75, 3.05) is 6.61 Å². The molecule has 1 radical (unpaired) electrons. The summed E-state index contributed by atoms with van der Waals surface area (Å²) in [5.74, 6) is -2.16. The molecule has 0 aliphatic rings. The number of aliphatic carboxylic acids is 1. The molecule has 0 heterocycles. The van der Waals surface area contributed by atoms with Gasteiger partial charge in [-0.15, -0.1) is 0 Å². The fraction of sp³-hybridized carbons (Fsp3) is 0.600. The van der Waals surface area contributed by atoms with E-state index in [0.717, 1.165) is 0 Å². The first kappa shape index (κ1) is 12.3. The van der Waals surface area contributed by atoms with Gasteiger partial charge < -0.3 is 14.6 Å². The molecule has 0 aromatic rings. The number of carboxylic acids is 1. The summed E-state index contributed by atoms with van der Waals surface area (Å²) in [4.78, 5) is 19.9. The van der Waals surface area contributed by atoms with Gasteiger partial charge in [0.1, 0.15) is 0 Å². The largest absolute Gasteiger partial charge is 1.00 e. The summed E-state index contributed by atoms with van der Waals surface area (Å²) in [6, 6.07) is 0. The maximum absolute atomic E-state index is 10.2. The fourth-order valence-corrected chi connectivity index (χ4v) is 0.330. The maximum Gasteiger partial charge on any atom is 1.00 e. The second-order valence-corrected chi connectivity index (χ2v) is 1.35. The van der Waals surface area contributed by atoms with E-state index in [-0.39, 0.29) is 26.1 Å². The van der Waals surface area contributed by atoms with Crippen LogP contribution in [0.2, 0.25) is 0 Å². The molecule has 0 aromatic heterocycles. The smallest absolute Gasteiger partial charge is 0.550 e. The number of esters is 1. The summed E-state index contributed by atoms with van der Waals surface area (Å²) in [5, 5.41) is 9.67. The maximum atomic E-state index is 10.2. The minimum atomic E-state index is -1.41. The first-order valence-corrected chi connectivity index (χ1v) is 2.52. The Morgan fingerprint density at radius 1 is 1.50 bits per heavy atom. The van der Waals surface area contributed by atoms with E-state index in [1.165, 1.54) is 0 Å². The summed E-state index contributed by atoms with van der Waals surface area (Å²) in [6.07, 6.45) is -0.659. The SMILES string of the molecule is CCOC(=O)CC(=O)[O-].[Zn+]. The van der Waals surface area contributed by atoms with E-state index in [1.54, 1.807) is 6.92 Å². The van der Waals surface area contributed by atoms with Crippen LogP contribution in [0.1, 0.15) is 13.3 Å². The molecular weight excluding hydrogens is 189 g/mol. The van der Waals surface area contributed by atoms with Crippen LogP contribution in [0.25, 0.3) is 0 Å². The van der Waals surface area contributed by atoms with Crippen molar-refractivity contribution in [3.63, 3.8) is 0 Å². The third-order valence-corrected chi connectivity index (χ3v) is 0.594. The molecule has 0 spiro atoms. The van der Waals surface area contributed by atoms with Gasteiger partial charge in [0.15, 0.2) is 0 Å². The zero-order chi connectivity index (χ0) is 7.28. The molecular formula is C5H7O4Zn. The molecule has 0 rings (SSSR count). The van der Waals surface area contributed by atoms with Gasteiger partial charge in [-0.1, -0.05) is 0 Å². The van der Waals surface area contributed by atoms with Crippen LogP contribution in [0, 0.1) is 0 Å². The molecule has 4 nitrogen and oxygen atoms in total. The molecule has 0 N–H and O–H groups in total. The van der Waals surface area contributed by atoms with E-state index in [0.29, 0.717) is 0 Å². The van der Waals surface area contributed by atoms with Gasteiger partial charge in [-0.25, -0.2) is 0 Å². The zero-order valence-corrected chi connectivity index (χ0v) is 8.72. The number of carbonyl (C=O) groups excluding carboxylic acids is 2. The molecule has 10 heavy (non-hydrogen) atoms. The number of carboxylic acid groups (broad SMARTS) is 1. The van der Waals surface area contributed by atoms with Crippen molar-refractivity contribution in [1.29, 1.82) is 0 Å². The van der Waals surface area contributed by atoms with Gasteiger partial charge in [0.05, 0.1) is 19.0 Å². The van der Waals surface area contributed by atoms with Gasteiger partial charge >= 0.3 is 25.4 Å². The third-order valence-electron chi connectivity index (χ3n) is 0.594. The van der Waals surface area contributed by atoms with E-state index in [2.05, 4.69) is 4.74 Å². The van der Waals surface area contributed by atoms with Crippen LogP contribution in [-0.2, 0) is 33.8 Å². The Morgan fingerprint density at radius 2 is 2.00 bits per heavy atom. The van der Waals surface area contributed by atoms with Crippen LogP contribution in [-0.4, -0.2) is 18.5 Å². The predicted octanol–water partition coefficient (Wildman–Crippen LogP) is -1.31. The Labute approximate surface area is 71.3 Å². The molecule has 0 fully saturated rings. The predicted molar refractivity (Wildman–Crippen MR) is 26.3 cm³/mol. The van der Waals surface area contributed by atoms with E-state index >= 15 is 0 Å². The van der Waals surface area contributed by atoms with E-state index in [1.807, 2.05) is 0 Å². The summed E-state index contributed by atoms with van der Waals surface area (Å²) in [5.41, 5.74) is 0. The first-order chi connectivity index (χ1) is 4.16. The van der Waals surface area contributed by atoms with Gasteiger partial charge in [0.2, 0.25) is 0 Å². The normalized spacial score (nSPS) is 7.70. The third kappa shape index (κ3) is 7.56. The number of hydrogen-bond donors (Lipinski definition) is 0. The van der Waals surface area contributed by atoms with Crippen molar-refractivity contribution in [2.45, 2.75) is 13.3 Å². The van der Waals surface area contributed by atoms with Crippen LogP contribution < -0.4 is 5.11 Å². The summed E-state index contributed by atoms with van der Waals surface area (Å²) in [6.45, 7) is 1.80. The molecule has 5 heteroatoms. The zero-order valence-electron chi connectivity index (χ0n) is 5.75. The van der Waals surface area contributed by atoms with Gasteiger partial charge in [0, 0.05) is 0 Å². The standard InChI is InChI=1S/C5H8O4.Zn/c1-2-9-5(8)3-4(6)7;/h2-3H2,1H3,(H,6,7);/q;+1/p-1. The second kappa shape index (κ2) is 6.68. The van der Waals surface area contributed by atoms with Crippen LogP contribution in [0.3, 0.4) is 0 Å². The van der Waals surface area contributed by atoms with Gasteiger partial charge in [-0.3, -0.25) is 4.79 Å². The Kier molecular flexibility index (Phi) is 8.19. The number of carbonyl (C=O) groups is 2. The number of ether oxygens (including phenoxy) is 1. The molecule has 0 atom stereocenters. The van der Waals surface area contributed by atoms with Crippen LogP contribution >= 0.6 is 0 Å². The Morgan fingerprint density at radius 3 is 2.30 bits per heavy atom. The topological polar surface area (TPSA) is 66.4 Å². The first-order valence-electron chi connectivity index (χ1n) is 2.52. The summed E-state index contributed by atoms with van der Waals surface area (Å²) < 4.78 is 4.29. The van der Waals surface area contributed by atoms with Gasteiger partial charge in [-0.2, -0.15) is 0 Å². The Bertz CT molecular complexity index is 123. The van der Waals surface area contributed by atoms with E-state index < -0.39 is 18.4 Å². The molecule has 53 valence electrons. The van der Waals surface area contributed by atoms with Crippen LogP contribution in [0.15, 0.2) is 0 Å². The average Bonchev–Trinajstić information content (AvgIpc) is 1.63. The molecule has 0 unspecified atom stereocenters. The molecule has 0 amide bonds. The molecule has 0 bridgehead atoms. The van der Waals surface area contributed by atoms with Crippen molar-refractivity contribution in [1.82, 2.24) is 0 Å². The van der Waals surface area contributed by atoms with Gasteiger partial charge in [0.25, 0.3) is 0 Å². The second-order valence-electron chi connectivity index (χ2n) is 1.35. The molecule has 0 aromatic carbocycles. The quantitative estimate of drug-likeness (QED) is 0.319. The average molecular weight is 196 g/mol. The van der Waals surface area contributed by atoms with Crippen molar-refractivity contribution >= 4 is 11.9 Å².